The van der Waals surface area contributed by atoms with Crippen molar-refractivity contribution in [2.24, 2.45) is 17.8 Å². The van der Waals surface area contributed by atoms with Gasteiger partial charge in [-0.05, 0) is 55.6 Å². The van der Waals surface area contributed by atoms with Crippen LogP contribution >= 0.6 is 0 Å². The van der Waals surface area contributed by atoms with Crippen molar-refractivity contribution in [2.45, 2.75) is 70.9 Å². The van der Waals surface area contributed by atoms with E-state index in [9.17, 15) is 19.5 Å². The van der Waals surface area contributed by atoms with Gasteiger partial charge in [0, 0.05) is 6.42 Å². The summed E-state index contributed by atoms with van der Waals surface area (Å²) in [7, 11) is 0. The van der Waals surface area contributed by atoms with Gasteiger partial charge in [-0.25, -0.2) is 0 Å². The number of aliphatic hydroxyl groups excluding tert-OH is 1. The number of esters is 1. The summed E-state index contributed by atoms with van der Waals surface area (Å²) in [5, 5.41) is 15.6. The van der Waals surface area contributed by atoms with E-state index in [1.54, 1.807) is 6.08 Å². The van der Waals surface area contributed by atoms with Crippen molar-refractivity contribution >= 4 is 17.8 Å². The number of hydrogen-bond donors (Lipinski definition) is 3. The van der Waals surface area contributed by atoms with E-state index >= 15 is 0 Å². The molecule has 0 saturated heterocycles. The topological polar surface area (TPSA) is 105 Å². The molecule has 0 spiro atoms. The number of carbonyl (C=O) groups excluding carboxylic acids is 3. The molecule has 2 amide bonds. The maximum atomic E-state index is 13.3. The molecule has 0 heterocycles. The van der Waals surface area contributed by atoms with Crippen LogP contribution in [0.3, 0.4) is 0 Å². The molecule has 2 aromatic rings. The Hall–Kier alpha value is -3.71. The second-order valence-corrected chi connectivity index (χ2v) is 11.2. The Morgan fingerprint density at radius 2 is 1.50 bits per heavy atom. The number of hydrogen-bond acceptors (Lipinski definition) is 5. The minimum atomic E-state index is -0.639. The van der Waals surface area contributed by atoms with Crippen LogP contribution in [0.1, 0.15) is 57.1 Å². The van der Waals surface area contributed by atoms with Gasteiger partial charge >= 0.3 is 5.97 Å². The molecular formula is C35H48N2O5. The van der Waals surface area contributed by atoms with Crippen LogP contribution in [0.25, 0.3) is 0 Å². The Morgan fingerprint density at radius 1 is 0.881 bits per heavy atom. The fourth-order valence-corrected chi connectivity index (χ4v) is 4.76. The van der Waals surface area contributed by atoms with Crippen molar-refractivity contribution in [2.75, 3.05) is 13.2 Å². The van der Waals surface area contributed by atoms with Crippen molar-refractivity contribution in [3.05, 3.63) is 97.1 Å². The van der Waals surface area contributed by atoms with Crippen LogP contribution in [0.4, 0.5) is 0 Å². The Morgan fingerprint density at radius 3 is 2.05 bits per heavy atom. The second kappa shape index (κ2) is 19.4. The third kappa shape index (κ3) is 12.9. The van der Waals surface area contributed by atoms with Gasteiger partial charge in [0.2, 0.25) is 11.8 Å². The van der Waals surface area contributed by atoms with Gasteiger partial charge < -0.3 is 20.5 Å². The van der Waals surface area contributed by atoms with E-state index in [0.29, 0.717) is 25.7 Å². The first kappa shape index (κ1) is 34.5. The summed E-state index contributed by atoms with van der Waals surface area (Å²) in [6.07, 6.45) is 7.17. The quantitative estimate of drug-likeness (QED) is 0.114. The van der Waals surface area contributed by atoms with Crippen LogP contribution in [-0.4, -0.2) is 48.2 Å². The molecular weight excluding hydrogens is 528 g/mol. The molecule has 42 heavy (non-hydrogen) atoms. The van der Waals surface area contributed by atoms with Crippen LogP contribution in [0, 0.1) is 17.8 Å². The van der Waals surface area contributed by atoms with Gasteiger partial charge in [0.25, 0.3) is 0 Å². The predicted molar refractivity (Wildman–Crippen MR) is 167 cm³/mol. The molecule has 0 aliphatic carbocycles. The molecule has 0 aliphatic rings. The highest BCUT2D eigenvalue weighted by Gasteiger charge is 2.27. The zero-order valence-electron chi connectivity index (χ0n) is 25.2. The molecule has 7 nitrogen and oxygen atoms in total. The summed E-state index contributed by atoms with van der Waals surface area (Å²) >= 11 is 0. The number of ether oxygens (including phenoxy) is 1. The number of rotatable bonds is 20. The minimum absolute atomic E-state index is 0.00191. The van der Waals surface area contributed by atoms with Gasteiger partial charge in [-0.3, -0.25) is 14.4 Å². The monoisotopic (exact) mass is 576 g/mol. The molecule has 0 fully saturated rings. The zero-order chi connectivity index (χ0) is 30.7. The van der Waals surface area contributed by atoms with Crippen molar-refractivity contribution in [3.63, 3.8) is 0 Å². The van der Waals surface area contributed by atoms with Gasteiger partial charge in [0.15, 0.2) is 0 Å². The van der Waals surface area contributed by atoms with E-state index < -0.39 is 18.0 Å². The number of unbranched alkanes of at least 4 members (excludes halogenated alkanes) is 1. The smallest absolute Gasteiger partial charge is 0.309 e. The molecule has 3 N–H and O–H groups in total. The van der Waals surface area contributed by atoms with Crippen LogP contribution in [0.2, 0.25) is 0 Å². The maximum absolute atomic E-state index is 13.3. The Balaban J connectivity index is 1.98. The number of nitrogens with one attached hydrogen (secondary N) is 2. The first-order valence-electron chi connectivity index (χ1n) is 14.9. The van der Waals surface area contributed by atoms with Crippen LogP contribution in [-0.2, 0) is 32.0 Å². The van der Waals surface area contributed by atoms with Crippen molar-refractivity contribution in [1.29, 1.82) is 0 Å². The lowest BCUT2D eigenvalue weighted by molar-refractivity contribution is -0.150. The molecule has 0 radical (unpaired) electrons. The standard InChI is InChI=1S/C35H48N2O5/c1-5-7-10-20-30(21-27-16-11-8-12-17-27)35(41)42-25-32(26(3)4)37-34(40)29(15-6-2)23-33(39)36-31(24-38)22-28-18-13-9-14-19-28/h5-6,8-9,11-14,16-19,26,29-32,38H,1-2,7,10,15,20-25H2,3-4H3,(H,36,39)(H,37,40)/t29-,30-,31-,32-/m1/s1. The SMILES string of the molecule is C=CCCC[C@H](Cc1ccccc1)C(=O)OC[C@@H](NC(=O)[C@H](CC=C)CC(=O)N[C@@H](CO)Cc1ccccc1)C(C)C. The van der Waals surface area contributed by atoms with Crippen LogP contribution in [0.5, 0.6) is 0 Å². The highest BCUT2D eigenvalue weighted by molar-refractivity contribution is 5.86. The molecule has 0 aliphatic heterocycles. The first-order valence-corrected chi connectivity index (χ1v) is 14.9. The number of benzene rings is 2. The van der Waals surface area contributed by atoms with E-state index in [-0.39, 0.29) is 49.3 Å². The van der Waals surface area contributed by atoms with Gasteiger partial charge in [-0.1, -0.05) is 86.7 Å². The molecule has 4 atom stereocenters. The molecule has 0 aromatic heterocycles. The highest BCUT2D eigenvalue weighted by Crippen LogP contribution is 2.19. The van der Waals surface area contributed by atoms with E-state index in [0.717, 1.165) is 24.0 Å². The van der Waals surface area contributed by atoms with E-state index in [1.165, 1.54) is 0 Å². The summed E-state index contributed by atoms with van der Waals surface area (Å²) in [4.78, 5) is 39.3. The molecule has 0 saturated carbocycles. The second-order valence-electron chi connectivity index (χ2n) is 11.2. The lowest BCUT2D eigenvalue weighted by Crippen LogP contribution is -2.47. The molecule has 7 heteroatoms. The lowest BCUT2D eigenvalue weighted by Gasteiger charge is -2.26. The third-order valence-electron chi connectivity index (χ3n) is 7.32. The zero-order valence-corrected chi connectivity index (χ0v) is 25.2. The number of allylic oxidation sites excluding steroid dienone is 2. The highest BCUT2D eigenvalue weighted by atomic mass is 16.5. The molecule has 0 unspecified atom stereocenters. The van der Waals surface area contributed by atoms with Gasteiger partial charge in [-0.2, -0.15) is 0 Å². The summed E-state index contributed by atoms with van der Waals surface area (Å²) in [6, 6.07) is 18.6. The largest absolute Gasteiger partial charge is 0.463 e. The Bertz CT molecular complexity index is 1100. The van der Waals surface area contributed by atoms with Gasteiger partial charge in [-0.15, -0.1) is 13.2 Å². The summed E-state index contributed by atoms with van der Waals surface area (Å²) in [6.45, 7) is 11.3. The first-order chi connectivity index (χ1) is 20.3. The molecule has 2 rings (SSSR count). The number of amides is 2. The molecule has 0 bridgehead atoms. The Labute approximate surface area is 251 Å². The van der Waals surface area contributed by atoms with Gasteiger partial charge in [0.1, 0.15) is 6.61 Å². The molecule has 2 aromatic carbocycles. The van der Waals surface area contributed by atoms with Crippen LogP contribution < -0.4 is 10.6 Å². The van der Waals surface area contributed by atoms with E-state index in [4.69, 9.17) is 4.74 Å². The van der Waals surface area contributed by atoms with Crippen LogP contribution in [0.15, 0.2) is 86.0 Å². The average Bonchev–Trinajstić information content (AvgIpc) is 2.98. The number of carbonyl (C=O) groups is 3. The molecule has 228 valence electrons. The van der Waals surface area contributed by atoms with Crippen molar-refractivity contribution < 1.29 is 24.2 Å². The maximum Gasteiger partial charge on any atom is 0.309 e. The van der Waals surface area contributed by atoms with E-state index in [1.807, 2.05) is 80.6 Å². The predicted octanol–water partition coefficient (Wildman–Crippen LogP) is 5.19. The fourth-order valence-electron chi connectivity index (χ4n) is 4.76. The van der Waals surface area contributed by atoms with Crippen molar-refractivity contribution in [1.82, 2.24) is 10.6 Å². The normalized spacial score (nSPS) is 13.8. The summed E-state index contributed by atoms with van der Waals surface area (Å²) in [5.74, 6) is -1.82. The lowest BCUT2D eigenvalue weighted by atomic mass is 9.94. The Kier molecular flexibility index (Phi) is 15.9. The summed E-state index contributed by atoms with van der Waals surface area (Å²) < 4.78 is 5.77. The number of aliphatic hydroxyl groups is 1. The fraction of sp³-hybridized carbons (Fsp3) is 0.457. The summed E-state index contributed by atoms with van der Waals surface area (Å²) in [5.41, 5.74) is 2.07. The average molecular weight is 577 g/mol. The third-order valence-corrected chi connectivity index (χ3v) is 7.32. The minimum Gasteiger partial charge on any atom is -0.463 e. The van der Waals surface area contributed by atoms with E-state index in [2.05, 4.69) is 23.8 Å². The van der Waals surface area contributed by atoms with Crippen molar-refractivity contribution in [3.8, 4) is 0 Å². The van der Waals surface area contributed by atoms with Gasteiger partial charge in [0.05, 0.1) is 30.5 Å².